The van der Waals surface area contributed by atoms with Gasteiger partial charge >= 0.3 is 0 Å². The van der Waals surface area contributed by atoms with Crippen LogP contribution in [0.25, 0.3) is 0 Å². The van der Waals surface area contributed by atoms with E-state index in [4.69, 9.17) is 5.26 Å². The third kappa shape index (κ3) is 7.43. The SMILES string of the molecule is CCc1ccc(CCCCC2CCC(CC/C=C(\F)C#N)CC2)cc1. The molecule has 0 aliphatic heterocycles. The molecule has 0 bridgehead atoms. The molecule has 0 unspecified atom stereocenters. The fourth-order valence-electron chi connectivity index (χ4n) is 4.00. The first-order valence-electron chi connectivity index (χ1n) is 10.0. The lowest BCUT2D eigenvalue weighted by Crippen LogP contribution is -2.14. The zero-order valence-electron chi connectivity index (χ0n) is 15.6. The van der Waals surface area contributed by atoms with E-state index >= 15 is 0 Å². The third-order valence-electron chi connectivity index (χ3n) is 5.73. The first kappa shape index (κ1) is 19.7. The van der Waals surface area contributed by atoms with Crippen LogP contribution in [0.4, 0.5) is 4.39 Å². The quantitative estimate of drug-likeness (QED) is 0.353. The second-order valence-corrected chi connectivity index (χ2v) is 7.54. The Morgan fingerprint density at radius 1 is 1.04 bits per heavy atom. The van der Waals surface area contributed by atoms with Crippen LogP contribution in [0, 0.1) is 23.2 Å². The summed E-state index contributed by atoms with van der Waals surface area (Å²) in [6.45, 7) is 2.20. The van der Waals surface area contributed by atoms with Gasteiger partial charge in [-0.15, -0.1) is 0 Å². The van der Waals surface area contributed by atoms with Crippen molar-refractivity contribution in [2.24, 2.45) is 11.8 Å². The minimum Gasteiger partial charge on any atom is -0.195 e. The van der Waals surface area contributed by atoms with Gasteiger partial charge in [-0.05, 0) is 61.1 Å². The van der Waals surface area contributed by atoms with Crippen molar-refractivity contribution in [2.75, 3.05) is 0 Å². The van der Waals surface area contributed by atoms with Gasteiger partial charge in [0.15, 0.2) is 5.83 Å². The van der Waals surface area contributed by atoms with Crippen LogP contribution in [0.2, 0.25) is 0 Å². The number of nitriles is 1. The number of hydrogen-bond donors (Lipinski definition) is 0. The van der Waals surface area contributed by atoms with E-state index in [9.17, 15) is 4.39 Å². The number of allylic oxidation sites excluding steroid dienone is 2. The number of hydrogen-bond acceptors (Lipinski definition) is 1. The zero-order chi connectivity index (χ0) is 17.9. The summed E-state index contributed by atoms with van der Waals surface area (Å²) >= 11 is 0. The van der Waals surface area contributed by atoms with Crippen LogP contribution in [0.5, 0.6) is 0 Å². The van der Waals surface area contributed by atoms with Crippen molar-refractivity contribution in [1.82, 2.24) is 0 Å². The molecule has 136 valence electrons. The molecule has 25 heavy (non-hydrogen) atoms. The molecule has 1 aromatic carbocycles. The summed E-state index contributed by atoms with van der Waals surface area (Å²) in [4.78, 5) is 0. The van der Waals surface area contributed by atoms with E-state index in [1.807, 2.05) is 0 Å². The summed E-state index contributed by atoms with van der Waals surface area (Å²) in [6.07, 6.45) is 14.7. The predicted molar refractivity (Wildman–Crippen MR) is 103 cm³/mol. The van der Waals surface area contributed by atoms with Crippen LogP contribution in [0.1, 0.15) is 75.8 Å². The third-order valence-corrected chi connectivity index (χ3v) is 5.73. The molecule has 2 rings (SSSR count). The van der Waals surface area contributed by atoms with Crippen molar-refractivity contribution in [2.45, 2.75) is 77.6 Å². The first-order chi connectivity index (χ1) is 12.2. The van der Waals surface area contributed by atoms with Gasteiger partial charge < -0.3 is 0 Å². The normalized spacial score (nSPS) is 21.1. The Balaban J connectivity index is 1.55. The summed E-state index contributed by atoms with van der Waals surface area (Å²) in [5, 5.41) is 8.41. The molecule has 1 aliphatic carbocycles. The van der Waals surface area contributed by atoms with Crippen molar-refractivity contribution in [1.29, 1.82) is 5.26 Å². The molecule has 0 atom stereocenters. The van der Waals surface area contributed by atoms with Crippen LogP contribution in [0.3, 0.4) is 0 Å². The highest BCUT2D eigenvalue weighted by atomic mass is 19.1. The Morgan fingerprint density at radius 3 is 2.24 bits per heavy atom. The van der Waals surface area contributed by atoms with Crippen LogP contribution < -0.4 is 0 Å². The molecule has 0 radical (unpaired) electrons. The molecular weight excluding hydrogens is 309 g/mol. The molecule has 0 spiro atoms. The summed E-state index contributed by atoms with van der Waals surface area (Å²) in [7, 11) is 0. The number of benzene rings is 1. The van der Waals surface area contributed by atoms with E-state index in [1.54, 1.807) is 6.07 Å². The minimum absolute atomic E-state index is 0.627. The van der Waals surface area contributed by atoms with Gasteiger partial charge in [-0.25, -0.2) is 0 Å². The fraction of sp³-hybridized carbons (Fsp3) is 0.609. The summed E-state index contributed by atoms with van der Waals surface area (Å²) in [5.74, 6) is 0.999. The molecule has 1 nitrogen and oxygen atoms in total. The number of nitrogens with zero attached hydrogens (tertiary/aromatic N) is 1. The molecule has 0 saturated heterocycles. The Labute approximate surface area is 152 Å². The van der Waals surface area contributed by atoms with Crippen LogP contribution in [-0.4, -0.2) is 0 Å². The topological polar surface area (TPSA) is 23.8 Å². The largest absolute Gasteiger partial charge is 0.196 e. The molecule has 0 heterocycles. The average molecular weight is 342 g/mol. The predicted octanol–water partition coefficient (Wildman–Crippen LogP) is 6.93. The standard InChI is InChI=1S/C23H32FN/c1-2-19-10-12-20(13-11-19)6-3-4-7-21-14-16-22(17-15-21)8-5-9-23(24)18-25/h9-13,21-22H,2-8,14-17H2,1H3/b23-9-. The van der Waals surface area contributed by atoms with Crippen molar-refractivity contribution < 1.29 is 4.39 Å². The lowest BCUT2D eigenvalue weighted by atomic mass is 9.78. The molecule has 1 saturated carbocycles. The Hall–Kier alpha value is -1.62. The van der Waals surface area contributed by atoms with Crippen LogP contribution in [-0.2, 0) is 12.8 Å². The molecule has 1 aliphatic rings. The maximum absolute atomic E-state index is 12.8. The average Bonchev–Trinajstić information content (AvgIpc) is 2.66. The van der Waals surface area contributed by atoms with Gasteiger partial charge in [0, 0.05) is 0 Å². The number of unbranched alkanes of at least 4 members (excludes halogenated alkanes) is 1. The van der Waals surface area contributed by atoms with Gasteiger partial charge in [0.25, 0.3) is 0 Å². The van der Waals surface area contributed by atoms with E-state index in [0.717, 1.165) is 24.7 Å². The highest BCUT2D eigenvalue weighted by Crippen LogP contribution is 2.34. The molecule has 1 fully saturated rings. The van der Waals surface area contributed by atoms with Gasteiger partial charge in [0.1, 0.15) is 6.07 Å². The molecule has 2 heteroatoms. The molecule has 0 N–H and O–H groups in total. The van der Waals surface area contributed by atoms with Gasteiger partial charge in [-0.3, -0.25) is 0 Å². The summed E-state index contributed by atoms with van der Waals surface area (Å²) in [6, 6.07) is 10.6. The minimum atomic E-state index is -0.627. The molecule has 1 aromatic rings. The van der Waals surface area contributed by atoms with Gasteiger partial charge in [0.2, 0.25) is 0 Å². The Kier molecular flexibility index (Phi) is 8.73. The molecule has 0 amide bonds. The van der Waals surface area contributed by atoms with E-state index in [0.29, 0.717) is 6.42 Å². The van der Waals surface area contributed by atoms with E-state index < -0.39 is 5.83 Å². The lowest BCUT2D eigenvalue weighted by Gasteiger charge is -2.28. The Bertz CT molecular complexity index is 559. The fourth-order valence-corrected chi connectivity index (χ4v) is 4.00. The maximum Gasteiger partial charge on any atom is 0.196 e. The second kappa shape index (κ2) is 11.1. The first-order valence-corrected chi connectivity index (χ1v) is 10.0. The van der Waals surface area contributed by atoms with Crippen LogP contribution >= 0.6 is 0 Å². The molecular formula is C23H32FN. The van der Waals surface area contributed by atoms with Gasteiger partial charge in [0.05, 0.1) is 0 Å². The van der Waals surface area contributed by atoms with E-state index in [-0.39, 0.29) is 0 Å². The van der Waals surface area contributed by atoms with Gasteiger partial charge in [-0.2, -0.15) is 9.65 Å². The lowest BCUT2D eigenvalue weighted by molar-refractivity contribution is 0.250. The summed E-state index contributed by atoms with van der Waals surface area (Å²) in [5.41, 5.74) is 2.89. The zero-order valence-corrected chi connectivity index (χ0v) is 15.6. The Morgan fingerprint density at radius 2 is 1.64 bits per heavy atom. The van der Waals surface area contributed by atoms with Gasteiger partial charge in [-0.1, -0.05) is 69.7 Å². The van der Waals surface area contributed by atoms with Crippen LogP contribution in [0.15, 0.2) is 36.2 Å². The number of aryl methyl sites for hydroxylation is 2. The highest BCUT2D eigenvalue weighted by molar-refractivity contribution is 5.22. The van der Waals surface area contributed by atoms with E-state index in [1.165, 1.54) is 68.6 Å². The van der Waals surface area contributed by atoms with E-state index in [2.05, 4.69) is 31.2 Å². The monoisotopic (exact) mass is 341 g/mol. The number of rotatable bonds is 9. The second-order valence-electron chi connectivity index (χ2n) is 7.54. The van der Waals surface area contributed by atoms with Crippen molar-refractivity contribution in [3.8, 4) is 6.07 Å². The van der Waals surface area contributed by atoms with Crippen molar-refractivity contribution >= 4 is 0 Å². The van der Waals surface area contributed by atoms with Crippen molar-refractivity contribution in [3.63, 3.8) is 0 Å². The van der Waals surface area contributed by atoms with Crippen molar-refractivity contribution in [3.05, 3.63) is 47.3 Å². The maximum atomic E-state index is 12.8. The highest BCUT2D eigenvalue weighted by Gasteiger charge is 2.20. The summed E-state index contributed by atoms with van der Waals surface area (Å²) < 4.78 is 12.8. The molecule has 0 aromatic heterocycles. The smallest absolute Gasteiger partial charge is 0.195 e. The number of halogens is 1.